The topological polar surface area (TPSA) is 67.0 Å². The first-order chi connectivity index (χ1) is 7.25. The number of nitrogens with one attached hydrogen (secondary N) is 2. The van der Waals surface area contributed by atoms with Gasteiger partial charge in [-0.15, -0.1) is 0 Å². The predicted octanol–water partition coefficient (Wildman–Crippen LogP) is 0.802. The molecule has 0 saturated heterocycles. The summed E-state index contributed by atoms with van der Waals surface area (Å²) in [6.45, 7) is 4.18. The number of hydrogen-bond acceptors (Lipinski definition) is 4. The molecule has 0 radical (unpaired) electrons. The third kappa shape index (κ3) is 3.89. The first kappa shape index (κ1) is 12.0. The van der Waals surface area contributed by atoms with Crippen molar-refractivity contribution >= 4 is 11.6 Å². The second kappa shape index (κ2) is 6.42. The standard InChI is InChI=1S/C9H14ClN3O2/c1-2-3-11-4-5-15-9-7(10)8(14)12-6-13-9/h6,11H,2-5H2,1H3,(H,12,13,14). The van der Waals surface area contributed by atoms with Crippen molar-refractivity contribution in [2.24, 2.45) is 0 Å². The lowest BCUT2D eigenvalue weighted by Gasteiger charge is -2.06. The van der Waals surface area contributed by atoms with E-state index < -0.39 is 0 Å². The van der Waals surface area contributed by atoms with Gasteiger partial charge < -0.3 is 15.0 Å². The van der Waals surface area contributed by atoms with Crippen molar-refractivity contribution in [2.45, 2.75) is 13.3 Å². The minimum atomic E-state index is -0.386. The van der Waals surface area contributed by atoms with Gasteiger partial charge in [-0.25, -0.2) is 4.98 Å². The Morgan fingerprint density at radius 1 is 1.60 bits per heavy atom. The van der Waals surface area contributed by atoms with Crippen molar-refractivity contribution in [2.75, 3.05) is 19.7 Å². The van der Waals surface area contributed by atoms with E-state index >= 15 is 0 Å². The predicted molar refractivity (Wildman–Crippen MR) is 58.5 cm³/mol. The monoisotopic (exact) mass is 231 g/mol. The van der Waals surface area contributed by atoms with Gasteiger partial charge in [-0.05, 0) is 13.0 Å². The van der Waals surface area contributed by atoms with Crippen LogP contribution < -0.4 is 15.6 Å². The van der Waals surface area contributed by atoms with Crippen LogP contribution in [0.2, 0.25) is 5.02 Å². The van der Waals surface area contributed by atoms with Gasteiger partial charge in [0.05, 0.1) is 6.33 Å². The number of nitrogens with zero attached hydrogens (tertiary/aromatic N) is 1. The largest absolute Gasteiger partial charge is 0.475 e. The summed E-state index contributed by atoms with van der Waals surface area (Å²) in [6, 6.07) is 0. The van der Waals surface area contributed by atoms with Crippen molar-refractivity contribution in [3.63, 3.8) is 0 Å². The zero-order chi connectivity index (χ0) is 11.1. The van der Waals surface area contributed by atoms with E-state index in [1.54, 1.807) is 0 Å². The van der Waals surface area contributed by atoms with Crippen LogP contribution in [-0.4, -0.2) is 29.7 Å². The van der Waals surface area contributed by atoms with Crippen LogP contribution in [0.1, 0.15) is 13.3 Å². The average molecular weight is 232 g/mol. The van der Waals surface area contributed by atoms with Gasteiger partial charge in [-0.2, -0.15) is 0 Å². The van der Waals surface area contributed by atoms with Crippen molar-refractivity contribution in [3.05, 3.63) is 21.7 Å². The number of rotatable bonds is 6. The summed E-state index contributed by atoms with van der Waals surface area (Å²) in [5.74, 6) is 0.179. The highest BCUT2D eigenvalue weighted by molar-refractivity contribution is 6.31. The van der Waals surface area contributed by atoms with Crippen LogP contribution >= 0.6 is 11.6 Å². The van der Waals surface area contributed by atoms with Crippen molar-refractivity contribution < 1.29 is 4.74 Å². The maximum atomic E-state index is 11.1. The number of H-pyrrole nitrogens is 1. The highest BCUT2D eigenvalue weighted by Crippen LogP contribution is 2.14. The van der Waals surface area contributed by atoms with Gasteiger partial charge in [0.2, 0.25) is 5.88 Å². The fraction of sp³-hybridized carbons (Fsp3) is 0.556. The lowest BCUT2D eigenvalue weighted by Crippen LogP contribution is -2.22. The lowest BCUT2D eigenvalue weighted by atomic mass is 10.5. The Labute approximate surface area is 92.8 Å². The van der Waals surface area contributed by atoms with Gasteiger partial charge in [0.25, 0.3) is 5.56 Å². The Kier molecular flexibility index (Phi) is 5.14. The fourth-order valence-electron chi connectivity index (χ4n) is 0.989. The van der Waals surface area contributed by atoms with Crippen LogP contribution in [0.15, 0.2) is 11.1 Å². The van der Waals surface area contributed by atoms with Crippen LogP contribution in [0.4, 0.5) is 0 Å². The molecule has 1 rings (SSSR count). The highest BCUT2D eigenvalue weighted by atomic mass is 35.5. The molecule has 0 unspecified atom stereocenters. The van der Waals surface area contributed by atoms with Crippen LogP contribution in [0.3, 0.4) is 0 Å². The number of aromatic nitrogens is 2. The van der Waals surface area contributed by atoms with Gasteiger partial charge in [-0.1, -0.05) is 18.5 Å². The molecule has 1 aromatic heterocycles. The molecule has 0 aliphatic carbocycles. The number of aromatic amines is 1. The zero-order valence-electron chi connectivity index (χ0n) is 8.55. The summed E-state index contributed by atoms with van der Waals surface area (Å²) < 4.78 is 5.24. The zero-order valence-corrected chi connectivity index (χ0v) is 9.30. The molecule has 0 aliphatic heterocycles. The molecule has 84 valence electrons. The molecule has 0 aromatic carbocycles. The van der Waals surface area contributed by atoms with E-state index in [2.05, 4.69) is 22.2 Å². The summed E-state index contributed by atoms with van der Waals surface area (Å²) in [7, 11) is 0. The van der Waals surface area contributed by atoms with E-state index in [-0.39, 0.29) is 16.5 Å². The van der Waals surface area contributed by atoms with Gasteiger partial charge in [0.1, 0.15) is 6.61 Å². The molecule has 0 aliphatic rings. The maximum absolute atomic E-state index is 11.1. The molecule has 6 heteroatoms. The van der Waals surface area contributed by atoms with Gasteiger partial charge in [-0.3, -0.25) is 4.79 Å². The molecule has 1 heterocycles. The SMILES string of the molecule is CCCNCCOc1nc[nH]c(=O)c1Cl. The minimum absolute atomic E-state index is 0.00649. The Morgan fingerprint density at radius 3 is 3.13 bits per heavy atom. The van der Waals surface area contributed by atoms with Crippen LogP contribution in [0.25, 0.3) is 0 Å². The third-order valence-corrected chi connectivity index (χ3v) is 2.04. The van der Waals surface area contributed by atoms with E-state index in [1.165, 1.54) is 6.33 Å². The molecule has 1 aromatic rings. The first-order valence-corrected chi connectivity index (χ1v) is 5.20. The fourth-order valence-corrected chi connectivity index (χ4v) is 1.15. The molecule has 0 amide bonds. The van der Waals surface area contributed by atoms with E-state index in [0.29, 0.717) is 13.2 Å². The molecule has 0 atom stereocenters. The molecule has 0 spiro atoms. The Hall–Kier alpha value is -1.07. The molecule has 5 nitrogen and oxygen atoms in total. The molecular formula is C9H14ClN3O2. The van der Waals surface area contributed by atoms with E-state index in [4.69, 9.17) is 16.3 Å². The highest BCUT2D eigenvalue weighted by Gasteiger charge is 2.05. The Balaban J connectivity index is 2.38. The van der Waals surface area contributed by atoms with Crippen molar-refractivity contribution in [1.29, 1.82) is 0 Å². The smallest absolute Gasteiger partial charge is 0.273 e. The molecular weight excluding hydrogens is 218 g/mol. The second-order valence-electron chi connectivity index (χ2n) is 2.95. The van der Waals surface area contributed by atoms with Crippen molar-refractivity contribution in [1.82, 2.24) is 15.3 Å². The molecule has 15 heavy (non-hydrogen) atoms. The summed E-state index contributed by atoms with van der Waals surface area (Å²) in [5.41, 5.74) is -0.386. The first-order valence-electron chi connectivity index (χ1n) is 4.82. The van der Waals surface area contributed by atoms with Crippen LogP contribution in [-0.2, 0) is 0 Å². The van der Waals surface area contributed by atoms with Gasteiger partial charge in [0, 0.05) is 6.54 Å². The quantitative estimate of drug-likeness (QED) is 0.711. The minimum Gasteiger partial charge on any atom is -0.475 e. The maximum Gasteiger partial charge on any atom is 0.273 e. The number of hydrogen-bond donors (Lipinski definition) is 2. The van der Waals surface area contributed by atoms with E-state index in [9.17, 15) is 4.79 Å². The van der Waals surface area contributed by atoms with Gasteiger partial charge >= 0.3 is 0 Å². The molecule has 0 fully saturated rings. The van der Waals surface area contributed by atoms with E-state index in [1.807, 2.05) is 0 Å². The molecule has 0 bridgehead atoms. The normalized spacial score (nSPS) is 10.3. The van der Waals surface area contributed by atoms with E-state index in [0.717, 1.165) is 13.0 Å². The Bertz CT molecular complexity index is 353. The lowest BCUT2D eigenvalue weighted by molar-refractivity contribution is 0.302. The Morgan fingerprint density at radius 2 is 2.40 bits per heavy atom. The van der Waals surface area contributed by atoms with Gasteiger partial charge in [0.15, 0.2) is 5.02 Å². The number of ether oxygens (including phenoxy) is 1. The van der Waals surface area contributed by atoms with Crippen LogP contribution in [0, 0.1) is 0 Å². The average Bonchev–Trinajstić information content (AvgIpc) is 2.24. The number of halogens is 1. The summed E-state index contributed by atoms with van der Waals surface area (Å²) >= 11 is 5.68. The summed E-state index contributed by atoms with van der Waals surface area (Å²) in [4.78, 5) is 17.2. The van der Waals surface area contributed by atoms with Crippen LogP contribution in [0.5, 0.6) is 5.88 Å². The summed E-state index contributed by atoms with van der Waals surface area (Å²) in [5, 5.41) is 3.15. The third-order valence-electron chi connectivity index (χ3n) is 1.71. The second-order valence-corrected chi connectivity index (χ2v) is 3.33. The molecule has 0 saturated carbocycles. The molecule has 2 N–H and O–H groups in total. The van der Waals surface area contributed by atoms with Crippen molar-refractivity contribution in [3.8, 4) is 5.88 Å². The summed E-state index contributed by atoms with van der Waals surface area (Å²) in [6.07, 6.45) is 2.34.